The highest BCUT2D eigenvalue weighted by Crippen LogP contribution is 2.51. The van der Waals surface area contributed by atoms with Crippen LogP contribution in [0.15, 0.2) is 53.6 Å². The van der Waals surface area contributed by atoms with E-state index in [1.165, 1.54) is 23.5 Å². The average Bonchev–Trinajstić information content (AvgIpc) is 3.41. The SMILES string of the molecule is C[C@@H]1CNC[C@@H](C)N1c1nc(-c2cccc(NS(=O)(=O)c3c(F)cccc3F)c2F)c(-c2ccnc(NC3CC4(C3)CS(=O)(=O)C4)n2)s1. The van der Waals surface area contributed by atoms with E-state index in [2.05, 4.69) is 20.5 Å². The summed E-state index contributed by atoms with van der Waals surface area (Å²) in [5, 5.41) is 7.28. The summed E-state index contributed by atoms with van der Waals surface area (Å²) in [4.78, 5) is 15.4. The molecule has 0 amide bonds. The maximum absolute atomic E-state index is 16.3. The number of aromatic nitrogens is 3. The molecular formula is C31H32F3N7O4S3. The standard InChI is InChI=1S/C31H32F3N7O4S3/c1-17-13-35-14-18(2)41(17)30-39-26(20-5-3-8-23(25(20)34)40-48(44,45)28-21(32)6-4-7-22(28)33)27(46-30)24-9-10-36-29(38-24)37-19-11-31(12-19)15-47(42,43)16-31/h3-10,17-19,35,40H,11-16H2,1-2H3,(H,36,37,38)/t17-,18-/m1/s1. The molecule has 1 spiro atoms. The minimum absolute atomic E-state index is 0.0104. The third-order valence-electron chi connectivity index (χ3n) is 8.98. The molecular weight excluding hydrogens is 688 g/mol. The molecule has 4 heterocycles. The second-order valence-electron chi connectivity index (χ2n) is 12.8. The molecule has 11 nitrogen and oxygen atoms in total. The van der Waals surface area contributed by atoms with E-state index < -0.39 is 47.9 Å². The van der Waals surface area contributed by atoms with E-state index in [4.69, 9.17) is 9.97 Å². The van der Waals surface area contributed by atoms with Crippen LogP contribution < -0.4 is 20.3 Å². The van der Waals surface area contributed by atoms with Gasteiger partial charge in [0.25, 0.3) is 10.0 Å². The third kappa shape index (κ3) is 6.01. The predicted molar refractivity (Wildman–Crippen MR) is 178 cm³/mol. The van der Waals surface area contributed by atoms with Gasteiger partial charge in [-0.2, -0.15) is 0 Å². The van der Waals surface area contributed by atoms with E-state index in [0.717, 1.165) is 24.3 Å². The summed E-state index contributed by atoms with van der Waals surface area (Å²) in [5.74, 6) is -2.88. The van der Waals surface area contributed by atoms with E-state index in [9.17, 15) is 25.6 Å². The number of sulfonamides is 1. The second-order valence-corrected chi connectivity index (χ2v) is 17.5. The molecule has 17 heteroatoms. The van der Waals surface area contributed by atoms with Crippen molar-refractivity contribution in [3.63, 3.8) is 0 Å². The minimum atomic E-state index is -4.85. The predicted octanol–water partition coefficient (Wildman–Crippen LogP) is 4.66. The lowest BCUT2D eigenvalue weighted by molar-refractivity contribution is 0.153. The topological polar surface area (TPSA) is 146 Å². The van der Waals surface area contributed by atoms with E-state index in [-0.39, 0.29) is 46.3 Å². The summed E-state index contributed by atoms with van der Waals surface area (Å²) in [6.45, 7) is 5.51. The lowest BCUT2D eigenvalue weighted by Gasteiger charge is -2.53. The first-order valence-corrected chi connectivity index (χ1v) is 19.4. The Morgan fingerprint density at radius 3 is 2.31 bits per heavy atom. The van der Waals surface area contributed by atoms with Gasteiger partial charge in [-0.15, -0.1) is 0 Å². The summed E-state index contributed by atoms with van der Waals surface area (Å²) in [6.07, 6.45) is 2.95. The maximum atomic E-state index is 16.3. The lowest BCUT2D eigenvalue weighted by atomic mass is 9.67. The van der Waals surface area contributed by atoms with E-state index in [1.54, 1.807) is 12.3 Å². The molecule has 1 saturated carbocycles. The number of nitrogens with one attached hydrogen (secondary N) is 3. The third-order valence-corrected chi connectivity index (χ3v) is 13.6. The molecule has 2 saturated heterocycles. The highest BCUT2D eigenvalue weighted by atomic mass is 32.2. The van der Waals surface area contributed by atoms with Crippen LogP contribution in [0.3, 0.4) is 0 Å². The van der Waals surface area contributed by atoms with Gasteiger partial charge < -0.3 is 15.5 Å². The summed E-state index contributed by atoms with van der Waals surface area (Å²) < 4.78 is 96.6. The first-order valence-electron chi connectivity index (χ1n) is 15.3. The normalized spacial score (nSPS) is 21.8. The van der Waals surface area contributed by atoms with E-state index >= 15 is 4.39 Å². The van der Waals surface area contributed by atoms with Gasteiger partial charge in [0.2, 0.25) is 5.95 Å². The van der Waals surface area contributed by atoms with Crippen molar-refractivity contribution in [1.29, 1.82) is 0 Å². The molecule has 2 atom stereocenters. The van der Waals surface area contributed by atoms with Gasteiger partial charge in [-0.05, 0) is 57.0 Å². The largest absolute Gasteiger partial charge is 0.351 e. The molecule has 2 aliphatic heterocycles. The van der Waals surface area contributed by atoms with Crippen LogP contribution in [0.5, 0.6) is 0 Å². The number of thiazole rings is 1. The Bertz CT molecular complexity index is 2080. The van der Waals surface area contributed by atoms with Gasteiger partial charge in [-0.1, -0.05) is 23.5 Å². The zero-order valence-corrected chi connectivity index (χ0v) is 28.3. The monoisotopic (exact) mass is 719 g/mol. The van der Waals surface area contributed by atoms with Gasteiger partial charge in [-0.25, -0.2) is 45.0 Å². The Labute approximate surface area is 280 Å². The number of halogens is 3. The van der Waals surface area contributed by atoms with Crippen LogP contribution in [0, 0.1) is 22.9 Å². The quantitative estimate of drug-likeness (QED) is 0.235. The molecule has 3 fully saturated rings. The van der Waals surface area contributed by atoms with Crippen molar-refractivity contribution in [1.82, 2.24) is 20.3 Å². The molecule has 48 heavy (non-hydrogen) atoms. The Morgan fingerprint density at radius 1 is 0.979 bits per heavy atom. The minimum Gasteiger partial charge on any atom is -0.351 e. The van der Waals surface area contributed by atoms with Gasteiger partial charge >= 0.3 is 0 Å². The van der Waals surface area contributed by atoms with Gasteiger partial charge in [0.1, 0.15) is 11.6 Å². The molecule has 7 rings (SSSR count). The molecule has 3 aliphatic rings. The van der Waals surface area contributed by atoms with Crippen LogP contribution in [0.1, 0.15) is 26.7 Å². The van der Waals surface area contributed by atoms with Crippen molar-refractivity contribution in [2.45, 2.75) is 49.7 Å². The van der Waals surface area contributed by atoms with Crippen LogP contribution in [0.25, 0.3) is 21.8 Å². The van der Waals surface area contributed by atoms with Crippen molar-refractivity contribution >= 4 is 48.0 Å². The van der Waals surface area contributed by atoms with Gasteiger partial charge in [0, 0.05) is 48.4 Å². The summed E-state index contributed by atoms with van der Waals surface area (Å²) in [5.41, 5.74) is -0.0812. The number of nitrogens with zero attached hydrogens (tertiary/aromatic N) is 4. The van der Waals surface area contributed by atoms with Crippen molar-refractivity contribution in [3.05, 3.63) is 66.1 Å². The zero-order valence-electron chi connectivity index (χ0n) is 25.9. The molecule has 2 aromatic heterocycles. The number of rotatable bonds is 8. The molecule has 4 aromatic rings. The fourth-order valence-electron chi connectivity index (χ4n) is 6.96. The fraction of sp³-hybridized carbons (Fsp3) is 0.387. The van der Waals surface area contributed by atoms with Gasteiger partial charge in [0.05, 0.1) is 33.5 Å². The average molecular weight is 720 g/mol. The van der Waals surface area contributed by atoms with Crippen molar-refractivity contribution < 1.29 is 30.0 Å². The second kappa shape index (κ2) is 12.0. The molecule has 254 valence electrons. The van der Waals surface area contributed by atoms with Crippen LogP contribution in [-0.2, 0) is 19.9 Å². The molecule has 2 aromatic carbocycles. The molecule has 0 bridgehead atoms. The Kier molecular flexibility index (Phi) is 8.16. The summed E-state index contributed by atoms with van der Waals surface area (Å²) in [6, 6.07) is 8.47. The zero-order chi connectivity index (χ0) is 34.0. The molecule has 3 N–H and O–H groups in total. The summed E-state index contributed by atoms with van der Waals surface area (Å²) >= 11 is 1.31. The Morgan fingerprint density at radius 2 is 1.65 bits per heavy atom. The number of hydrogen-bond donors (Lipinski definition) is 3. The van der Waals surface area contributed by atoms with E-state index in [1.807, 2.05) is 18.6 Å². The fourth-order valence-corrected chi connectivity index (χ4v) is 11.7. The first-order chi connectivity index (χ1) is 22.7. The number of sulfone groups is 1. The van der Waals surface area contributed by atoms with Crippen molar-refractivity contribution in [2.24, 2.45) is 5.41 Å². The highest BCUT2D eigenvalue weighted by Gasteiger charge is 2.56. The van der Waals surface area contributed by atoms with Gasteiger partial charge in [-0.3, -0.25) is 4.72 Å². The molecule has 0 unspecified atom stereocenters. The summed E-state index contributed by atoms with van der Waals surface area (Å²) in [7, 11) is -7.79. The molecule has 0 radical (unpaired) electrons. The lowest BCUT2D eigenvalue weighted by Crippen LogP contribution is -2.60. The van der Waals surface area contributed by atoms with Crippen LogP contribution in [0.4, 0.5) is 29.9 Å². The van der Waals surface area contributed by atoms with Crippen molar-refractivity contribution in [2.75, 3.05) is 39.5 Å². The van der Waals surface area contributed by atoms with Crippen LogP contribution in [0.2, 0.25) is 0 Å². The smallest absolute Gasteiger partial charge is 0.267 e. The van der Waals surface area contributed by atoms with Gasteiger partial charge in [0.15, 0.2) is 25.7 Å². The highest BCUT2D eigenvalue weighted by molar-refractivity contribution is 7.93. The maximum Gasteiger partial charge on any atom is 0.267 e. The number of anilines is 3. The van der Waals surface area contributed by atoms with Crippen LogP contribution in [-0.4, -0.2) is 74.5 Å². The molecule has 1 aliphatic carbocycles. The Balaban J connectivity index is 1.25. The van der Waals surface area contributed by atoms with E-state index in [0.29, 0.717) is 47.6 Å². The first kappa shape index (κ1) is 32.7. The van der Waals surface area contributed by atoms with Crippen molar-refractivity contribution in [3.8, 4) is 21.8 Å². The number of hydrogen-bond acceptors (Lipinski definition) is 11. The van der Waals surface area contributed by atoms with Crippen LogP contribution >= 0.6 is 11.3 Å². The number of piperazine rings is 1. The Hall–Kier alpha value is -3.80. The number of benzene rings is 2.